The lowest BCUT2D eigenvalue weighted by atomic mass is 10.1. The minimum absolute atomic E-state index is 0.160. The minimum Gasteiger partial charge on any atom is -0.491 e. The number of nitrogens with zero attached hydrogens (tertiary/aromatic N) is 1. The predicted molar refractivity (Wildman–Crippen MR) is 118 cm³/mol. The van der Waals surface area contributed by atoms with E-state index in [1.807, 2.05) is 62.4 Å². The number of nitrogens with one attached hydrogen (secondary N) is 1. The van der Waals surface area contributed by atoms with Gasteiger partial charge < -0.3 is 10.1 Å². The van der Waals surface area contributed by atoms with Crippen molar-refractivity contribution in [2.24, 2.45) is 0 Å². The third-order valence-electron chi connectivity index (χ3n) is 4.79. The van der Waals surface area contributed by atoms with Crippen LogP contribution in [0.5, 0.6) is 5.75 Å². The van der Waals surface area contributed by atoms with Gasteiger partial charge in [-0.05, 0) is 48.4 Å². The number of hydrogen-bond donors (Lipinski definition) is 1. The standard InChI is InChI=1S/C23H26N2O4S/c1-17-8-4-7-11-22(17)29-16-18(2)24-23(26)15-25(3)30(27,28)21-13-12-19-9-5-6-10-20(19)14-21/h4-14,18H,15-16H2,1-3H3,(H,24,26)/t18-/m1/s1. The number of fused-ring (bicyclic) bond motifs is 1. The molecule has 3 rings (SSSR count). The molecule has 6 nitrogen and oxygen atoms in total. The lowest BCUT2D eigenvalue weighted by molar-refractivity contribution is -0.121. The van der Waals surface area contributed by atoms with Crippen LogP contribution in [0.15, 0.2) is 71.6 Å². The van der Waals surface area contributed by atoms with Gasteiger partial charge >= 0.3 is 0 Å². The molecular formula is C23H26N2O4S. The van der Waals surface area contributed by atoms with Gasteiger partial charge in [0.15, 0.2) is 0 Å². The molecule has 0 fully saturated rings. The van der Waals surface area contributed by atoms with Crippen molar-refractivity contribution in [2.45, 2.75) is 24.8 Å². The molecule has 0 saturated heterocycles. The van der Waals surface area contributed by atoms with Crippen molar-refractivity contribution in [3.8, 4) is 5.75 Å². The second-order valence-corrected chi connectivity index (χ2v) is 9.36. The van der Waals surface area contributed by atoms with Crippen LogP contribution in [0.4, 0.5) is 0 Å². The van der Waals surface area contributed by atoms with Crippen molar-refractivity contribution in [3.63, 3.8) is 0 Å². The first-order chi connectivity index (χ1) is 14.3. The molecule has 1 amide bonds. The van der Waals surface area contributed by atoms with Crippen molar-refractivity contribution in [2.75, 3.05) is 20.2 Å². The summed E-state index contributed by atoms with van der Waals surface area (Å²) in [6.45, 7) is 3.78. The van der Waals surface area contributed by atoms with Crippen molar-refractivity contribution in [1.29, 1.82) is 0 Å². The van der Waals surface area contributed by atoms with Gasteiger partial charge in [-0.25, -0.2) is 8.42 Å². The van der Waals surface area contributed by atoms with Crippen LogP contribution in [0.2, 0.25) is 0 Å². The number of aryl methyl sites for hydroxylation is 1. The zero-order valence-electron chi connectivity index (χ0n) is 17.3. The molecule has 0 radical (unpaired) electrons. The monoisotopic (exact) mass is 426 g/mol. The molecule has 0 aliphatic rings. The van der Waals surface area contributed by atoms with Crippen molar-refractivity contribution >= 4 is 26.7 Å². The lowest BCUT2D eigenvalue weighted by Crippen LogP contribution is -2.43. The van der Waals surface area contributed by atoms with E-state index in [1.54, 1.807) is 18.2 Å². The normalized spacial score (nSPS) is 12.7. The van der Waals surface area contributed by atoms with E-state index < -0.39 is 10.0 Å². The summed E-state index contributed by atoms with van der Waals surface area (Å²) in [7, 11) is -2.38. The summed E-state index contributed by atoms with van der Waals surface area (Å²) in [5.74, 6) is 0.373. The van der Waals surface area contributed by atoms with Crippen LogP contribution in [-0.4, -0.2) is 44.9 Å². The van der Waals surface area contributed by atoms with Gasteiger partial charge in [0.1, 0.15) is 12.4 Å². The van der Waals surface area contributed by atoms with E-state index in [0.29, 0.717) is 0 Å². The molecular weight excluding hydrogens is 400 g/mol. The van der Waals surface area contributed by atoms with Gasteiger partial charge in [0.25, 0.3) is 0 Å². The van der Waals surface area contributed by atoms with Crippen LogP contribution in [0.25, 0.3) is 10.8 Å². The topological polar surface area (TPSA) is 75.7 Å². The van der Waals surface area contributed by atoms with Gasteiger partial charge in [-0.2, -0.15) is 4.31 Å². The van der Waals surface area contributed by atoms with Crippen molar-refractivity contribution in [1.82, 2.24) is 9.62 Å². The van der Waals surface area contributed by atoms with Gasteiger partial charge in [0, 0.05) is 7.05 Å². The molecule has 0 aliphatic carbocycles. The molecule has 3 aromatic carbocycles. The number of rotatable bonds is 8. The third kappa shape index (κ3) is 5.17. The average molecular weight is 427 g/mol. The smallest absolute Gasteiger partial charge is 0.243 e. The van der Waals surface area contributed by atoms with Gasteiger partial charge in [-0.3, -0.25) is 4.79 Å². The number of sulfonamides is 1. The van der Waals surface area contributed by atoms with Gasteiger partial charge in [-0.1, -0.05) is 48.5 Å². The molecule has 1 atom stereocenters. The summed E-state index contributed by atoms with van der Waals surface area (Å²) in [6.07, 6.45) is 0. The van der Waals surface area contributed by atoms with Crippen LogP contribution < -0.4 is 10.1 Å². The molecule has 0 aliphatic heterocycles. The van der Waals surface area contributed by atoms with Crippen molar-refractivity contribution in [3.05, 3.63) is 72.3 Å². The number of ether oxygens (including phenoxy) is 1. The highest BCUT2D eigenvalue weighted by molar-refractivity contribution is 7.89. The highest BCUT2D eigenvalue weighted by Crippen LogP contribution is 2.21. The van der Waals surface area contributed by atoms with Crippen LogP contribution >= 0.6 is 0 Å². The Bertz CT molecular complexity index is 1140. The fraction of sp³-hybridized carbons (Fsp3) is 0.261. The van der Waals surface area contributed by atoms with E-state index in [4.69, 9.17) is 4.74 Å². The van der Waals surface area contributed by atoms with E-state index in [-0.39, 0.29) is 30.0 Å². The molecule has 0 spiro atoms. The molecule has 0 bridgehead atoms. The van der Waals surface area contributed by atoms with Gasteiger partial charge in [0.05, 0.1) is 17.5 Å². The summed E-state index contributed by atoms with van der Waals surface area (Å²) >= 11 is 0. The van der Waals surface area contributed by atoms with E-state index in [9.17, 15) is 13.2 Å². The Hall–Kier alpha value is -2.90. The number of para-hydroxylation sites is 1. The molecule has 0 aromatic heterocycles. The van der Waals surface area contributed by atoms with Gasteiger partial charge in [-0.15, -0.1) is 0 Å². The maximum absolute atomic E-state index is 12.9. The molecule has 7 heteroatoms. The van der Waals surface area contributed by atoms with E-state index in [1.165, 1.54) is 7.05 Å². The maximum Gasteiger partial charge on any atom is 0.243 e. The lowest BCUT2D eigenvalue weighted by Gasteiger charge is -2.20. The Morgan fingerprint density at radius 3 is 2.43 bits per heavy atom. The van der Waals surface area contributed by atoms with E-state index >= 15 is 0 Å². The third-order valence-corrected chi connectivity index (χ3v) is 6.58. The molecule has 158 valence electrons. The molecule has 0 unspecified atom stereocenters. The Morgan fingerprint density at radius 1 is 1.03 bits per heavy atom. The van der Waals surface area contributed by atoms with Crippen LogP contribution in [-0.2, 0) is 14.8 Å². The first-order valence-electron chi connectivity index (χ1n) is 9.70. The fourth-order valence-electron chi connectivity index (χ4n) is 3.09. The van der Waals surface area contributed by atoms with E-state index in [2.05, 4.69) is 5.32 Å². The molecule has 3 aromatic rings. The molecule has 30 heavy (non-hydrogen) atoms. The fourth-order valence-corrected chi connectivity index (χ4v) is 4.25. The number of likely N-dealkylation sites (N-methyl/N-ethyl adjacent to an activating group) is 1. The number of benzene rings is 3. The summed E-state index contributed by atoms with van der Waals surface area (Å²) in [4.78, 5) is 12.5. The summed E-state index contributed by atoms with van der Waals surface area (Å²) < 4.78 is 32.5. The van der Waals surface area contributed by atoms with E-state index in [0.717, 1.165) is 26.4 Å². The summed E-state index contributed by atoms with van der Waals surface area (Å²) in [5, 5.41) is 4.57. The second kappa shape index (κ2) is 9.28. The summed E-state index contributed by atoms with van der Waals surface area (Å²) in [5.41, 5.74) is 1.01. The minimum atomic E-state index is -3.78. The van der Waals surface area contributed by atoms with Crippen LogP contribution in [0, 0.1) is 6.92 Å². The van der Waals surface area contributed by atoms with Gasteiger partial charge in [0.2, 0.25) is 15.9 Å². The van der Waals surface area contributed by atoms with Crippen LogP contribution in [0.3, 0.4) is 0 Å². The van der Waals surface area contributed by atoms with Crippen molar-refractivity contribution < 1.29 is 17.9 Å². The molecule has 0 saturated carbocycles. The number of hydrogen-bond acceptors (Lipinski definition) is 4. The maximum atomic E-state index is 12.9. The largest absolute Gasteiger partial charge is 0.491 e. The Kier molecular flexibility index (Phi) is 6.74. The molecule has 1 N–H and O–H groups in total. The highest BCUT2D eigenvalue weighted by Gasteiger charge is 2.23. The number of amides is 1. The average Bonchev–Trinajstić information content (AvgIpc) is 2.72. The zero-order valence-corrected chi connectivity index (χ0v) is 18.1. The quantitative estimate of drug-likeness (QED) is 0.599. The first kappa shape index (κ1) is 21.8. The Morgan fingerprint density at radius 2 is 1.70 bits per heavy atom. The number of carbonyl (C=O) groups excluding carboxylic acids is 1. The summed E-state index contributed by atoms with van der Waals surface area (Å²) in [6, 6.07) is 19.8. The SMILES string of the molecule is Cc1ccccc1OC[C@@H](C)NC(=O)CN(C)S(=O)(=O)c1ccc2ccccc2c1. The molecule has 0 heterocycles. The van der Waals surface area contributed by atoms with Crippen LogP contribution in [0.1, 0.15) is 12.5 Å². The second-order valence-electron chi connectivity index (χ2n) is 7.32. The first-order valence-corrected chi connectivity index (χ1v) is 11.1. The zero-order chi connectivity index (χ0) is 21.7. The number of carbonyl (C=O) groups is 1. The predicted octanol–water partition coefficient (Wildman–Crippen LogP) is 3.35. The highest BCUT2D eigenvalue weighted by atomic mass is 32.2. The Labute approximate surface area is 177 Å². The Balaban J connectivity index is 1.58.